The van der Waals surface area contributed by atoms with Gasteiger partial charge in [-0.1, -0.05) is 29.3 Å². The summed E-state index contributed by atoms with van der Waals surface area (Å²) in [6.45, 7) is 2.09. The Labute approximate surface area is 241 Å². The highest BCUT2D eigenvalue weighted by Gasteiger charge is 2.14. The third-order valence-corrected chi connectivity index (χ3v) is 7.21. The number of halogens is 3. The Morgan fingerprint density at radius 2 is 1.94 bits per heavy atom. The van der Waals surface area contributed by atoms with Crippen LogP contribution in [0.5, 0.6) is 11.6 Å². The maximum Gasteiger partial charge on any atom is 0.287 e. The lowest BCUT2D eigenvalue weighted by Gasteiger charge is -2.11. The monoisotopic (exact) mass is 773 g/mol. The average molecular weight is 774 g/mol. The van der Waals surface area contributed by atoms with Gasteiger partial charge >= 0.3 is 0 Å². The summed E-state index contributed by atoms with van der Waals surface area (Å²) in [4.78, 5) is 32.3. The molecule has 0 saturated heterocycles. The number of ether oxygens (including phenoxy) is 1. The van der Waals surface area contributed by atoms with Crippen LogP contribution in [0.3, 0.4) is 0 Å². The van der Waals surface area contributed by atoms with Gasteiger partial charge in [0, 0.05) is 23.0 Å². The molecule has 0 bridgehead atoms. The van der Waals surface area contributed by atoms with E-state index in [0.29, 0.717) is 28.9 Å². The Morgan fingerprint density at radius 3 is 2.58 bits per heavy atom. The maximum atomic E-state index is 13.3. The van der Waals surface area contributed by atoms with Gasteiger partial charge in [0.15, 0.2) is 5.75 Å². The first kappa shape index (κ1) is 26.6. The van der Waals surface area contributed by atoms with Gasteiger partial charge in [-0.15, -0.1) is 0 Å². The number of unbranched alkanes of at least 4 members (excludes halogenated alkanes) is 1. The number of benzene rings is 2. The molecule has 184 valence electrons. The Hall–Kier alpha value is -2.46. The van der Waals surface area contributed by atoms with E-state index >= 15 is 0 Å². The second-order valence-electron chi connectivity index (χ2n) is 7.68. The second-order valence-corrected chi connectivity index (χ2v) is 10.9. The van der Waals surface area contributed by atoms with Crippen LogP contribution in [0.1, 0.15) is 31.2 Å². The first-order valence-corrected chi connectivity index (χ1v) is 13.7. The maximum absolute atomic E-state index is 13.3. The van der Waals surface area contributed by atoms with Crippen molar-refractivity contribution >= 4 is 83.9 Å². The highest BCUT2D eigenvalue weighted by Crippen LogP contribution is 2.32. The minimum Gasteiger partial charge on any atom is -0.437 e. The Kier molecular flexibility index (Phi) is 8.66. The summed E-state index contributed by atoms with van der Waals surface area (Å²) in [5.41, 5.74) is 1.08. The SMILES string of the molecule is CCCCc1nc2ccc(Br)cc2c(=O)n1N=Cc1cc(I)c(Oc2ccc([N+](=O)[O-])cn2)c(I)c1. The molecule has 0 aliphatic rings. The zero-order valence-electron chi connectivity index (χ0n) is 18.8. The molecule has 0 fully saturated rings. The normalized spacial score (nSPS) is 11.3. The molecule has 0 unspecified atom stereocenters. The fraction of sp³-hybridized carbons (Fsp3) is 0.167. The number of hydrogen-bond donors (Lipinski definition) is 0. The molecule has 0 radical (unpaired) electrons. The van der Waals surface area contributed by atoms with Gasteiger partial charge in [0.1, 0.15) is 12.0 Å². The summed E-state index contributed by atoms with van der Waals surface area (Å²) in [5.74, 6) is 1.44. The number of rotatable bonds is 8. The Bertz CT molecular complexity index is 1520. The van der Waals surface area contributed by atoms with Crippen molar-refractivity contribution < 1.29 is 9.66 Å². The van der Waals surface area contributed by atoms with Gasteiger partial charge < -0.3 is 4.74 Å². The molecule has 9 nitrogen and oxygen atoms in total. The van der Waals surface area contributed by atoms with Crippen LogP contribution in [0.2, 0.25) is 0 Å². The predicted molar refractivity (Wildman–Crippen MR) is 158 cm³/mol. The molecule has 12 heteroatoms. The molecule has 0 aliphatic heterocycles. The van der Waals surface area contributed by atoms with Gasteiger partial charge in [-0.05, 0) is 87.5 Å². The van der Waals surface area contributed by atoms with Crippen molar-refractivity contribution in [3.05, 3.63) is 92.1 Å². The fourth-order valence-corrected chi connectivity index (χ4v) is 5.73. The molecule has 0 N–H and O–H groups in total. The van der Waals surface area contributed by atoms with E-state index < -0.39 is 4.92 Å². The average Bonchev–Trinajstić information content (AvgIpc) is 2.85. The van der Waals surface area contributed by atoms with Gasteiger partial charge in [0.05, 0.1) is 29.2 Å². The van der Waals surface area contributed by atoms with Crippen LogP contribution >= 0.6 is 61.1 Å². The van der Waals surface area contributed by atoms with Crippen molar-refractivity contribution in [1.29, 1.82) is 0 Å². The van der Waals surface area contributed by atoms with E-state index in [1.807, 2.05) is 24.3 Å². The van der Waals surface area contributed by atoms with E-state index in [9.17, 15) is 14.9 Å². The van der Waals surface area contributed by atoms with E-state index in [-0.39, 0.29) is 17.1 Å². The topological polar surface area (TPSA) is 113 Å². The number of aromatic nitrogens is 3. The van der Waals surface area contributed by atoms with Crippen LogP contribution in [-0.2, 0) is 6.42 Å². The van der Waals surface area contributed by atoms with E-state index in [2.05, 4.69) is 78.1 Å². The number of nitro groups is 1. The Morgan fingerprint density at radius 1 is 1.19 bits per heavy atom. The first-order chi connectivity index (χ1) is 17.3. The van der Waals surface area contributed by atoms with Crippen LogP contribution < -0.4 is 10.3 Å². The standard InChI is InChI=1S/C24H18BrI2N5O4/c1-2-3-4-21-30-20-7-5-15(25)11-17(20)24(33)31(21)29-12-14-9-18(26)23(19(27)10-14)36-22-8-6-16(13-28-22)32(34)35/h5-13H,2-4H2,1H3. The summed E-state index contributed by atoms with van der Waals surface area (Å²) in [6.07, 6.45) is 5.28. The molecular formula is C24H18BrI2N5O4. The van der Waals surface area contributed by atoms with E-state index in [1.165, 1.54) is 16.8 Å². The molecule has 2 aromatic carbocycles. The van der Waals surface area contributed by atoms with Gasteiger partial charge in [-0.3, -0.25) is 14.9 Å². The van der Waals surface area contributed by atoms with Crippen molar-refractivity contribution in [2.24, 2.45) is 5.10 Å². The molecule has 4 rings (SSSR count). The van der Waals surface area contributed by atoms with Crippen LogP contribution in [0, 0.1) is 17.3 Å². The minimum atomic E-state index is -0.513. The highest BCUT2D eigenvalue weighted by atomic mass is 127. The minimum absolute atomic E-state index is 0.109. The van der Waals surface area contributed by atoms with Gasteiger partial charge in [0.2, 0.25) is 5.88 Å². The first-order valence-electron chi connectivity index (χ1n) is 10.8. The zero-order chi connectivity index (χ0) is 25.8. The lowest BCUT2D eigenvalue weighted by atomic mass is 10.2. The number of fused-ring (bicyclic) bond motifs is 1. The van der Waals surface area contributed by atoms with Gasteiger partial charge in [-0.25, -0.2) is 9.97 Å². The van der Waals surface area contributed by atoms with Crippen molar-refractivity contribution in [3.8, 4) is 11.6 Å². The lowest BCUT2D eigenvalue weighted by molar-refractivity contribution is -0.385. The van der Waals surface area contributed by atoms with Crippen LogP contribution in [-0.4, -0.2) is 25.8 Å². The summed E-state index contributed by atoms with van der Waals surface area (Å²) in [7, 11) is 0. The highest BCUT2D eigenvalue weighted by molar-refractivity contribution is 14.1. The molecule has 0 aliphatic carbocycles. The fourth-order valence-electron chi connectivity index (χ4n) is 3.33. The number of aryl methyl sites for hydroxylation is 1. The molecule has 2 heterocycles. The van der Waals surface area contributed by atoms with Crippen LogP contribution in [0.25, 0.3) is 10.9 Å². The summed E-state index contributed by atoms with van der Waals surface area (Å²) in [6, 6.07) is 12.0. The molecule has 36 heavy (non-hydrogen) atoms. The predicted octanol–water partition coefficient (Wildman–Crippen LogP) is 6.69. The molecule has 0 saturated carbocycles. The number of pyridine rings is 1. The Balaban J connectivity index is 1.67. The number of nitrogens with zero attached hydrogens (tertiary/aromatic N) is 5. The summed E-state index contributed by atoms with van der Waals surface area (Å²) < 4.78 is 9.62. The quantitative estimate of drug-likeness (QED) is 0.0855. The van der Waals surface area contributed by atoms with Crippen LogP contribution in [0.15, 0.2) is 63.0 Å². The second kappa shape index (κ2) is 11.7. The van der Waals surface area contributed by atoms with Gasteiger partial charge in [-0.2, -0.15) is 9.78 Å². The lowest BCUT2D eigenvalue weighted by Crippen LogP contribution is -2.22. The number of hydrogen-bond acceptors (Lipinski definition) is 7. The smallest absolute Gasteiger partial charge is 0.287 e. The third kappa shape index (κ3) is 6.08. The van der Waals surface area contributed by atoms with E-state index in [1.54, 1.807) is 12.3 Å². The molecule has 2 aromatic heterocycles. The molecule has 0 atom stereocenters. The molecule has 0 spiro atoms. The molecule has 0 amide bonds. The van der Waals surface area contributed by atoms with Gasteiger partial charge in [0.25, 0.3) is 11.2 Å². The van der Waals surface area contributed by atoms with Crippen molar-refractivity contribution in [1.82, 2.24) is 14.6 Å². The third-order valence-electron chi connectivity index (χ3n) is 5.11. The summed E-state index contributed by atoms with van der Waals surface area (Å²) >= 11 is 7.71. The zero-order valence-corrected chi connectivity index (χ0v) is 24.7. The van der Waals surface area contributed by atoms with E-state index in [0.717, 1.165) is 36.2 Å². The van der Waals surface area contributed by atoms with Crippen molar-refractivity contribution in [2.45, 2.75) is 26.2 Å². The molecular weight excluding hydrogens is 756 g/mol. The van der Waals surface area contributed by atoms with Crippen molar-refractivity contribution in [2.75, 3.05) is 0 Å². The summed E-state index contributed by atoms with van der Waals surface area (Å²) in [5, 5.41) is 15.8. The molecule has 4 aromatic rings. The van der Waals surface area contributed by atoms with E-state index in [4.69, 9.17) is 9.72 Å². The van der Waals surface area contributed by atoms with Crippen molar-refractivity contribution in [3.63, 3.8) is 0 Å². The van der Waals surface area contributed by atoms with Crippen LogP contribution in [0.4, 0.5) is 5.69 Å². The largest absolute Gasteiger partial charge is 0.437 e.